The Morgan fingerprint density at radius 1 is 1.23 bits per heavy atom. The van der Waals surface area contributed by atoms with Crippen molar-refractivity contribution in [3.63, 3.8) is 0 Å². The van der Waals surface area contributed by atoms with Crippen LogP contribution < -0.4 is 5.43 Å². The maximum absolute atomic E-state index is 13.1. The average molecular weight is 319 g/mol. The second-order valence-corrected chi connectivity index (χ2v) is 5.36. The molecule has 0 aromatic heterocycles. The molecule has 6 heteroatoms. The van der Waals surface area contributed by atoms with E-state index in [1.165, 1.54) is 17.1 Å². The van der Waals surface area contributed by atoms with Crippen molar-refractivity contribution in [2.75, 3.05) is 5.43 Å². The van der Waals surface area contributed by atoms with E-state index in [1.807, 2.05) is 18.2 Å². The zero-order valence-electron chi connectivity index (χ0n) is 11.4. The maximum atomic E-state index is 13.1. The highest BCUT2D eigenvalue weighted by Gasteiger charge is 2.42. The topological polar surface area (TPSA) is 49.4 Å². The number of ketones is 1. The molecule has 0 radical (unpaired) electrons. The number of rotatable bonds is 4. The molecule has 2 aromatic rings. The van der Waals surface area contributed by atoms with Gasteiger partial charge in [-0.2, -0.15) is 0 Å². The van der Waals surface area contributed by atoms with E-state index in [-0.39, 0.29) is 28.7 Å². The van der Waals surface area contributed by atoms with Crippen molar-refractivity contribution in [1.82, 2.24) is 5.01 Å². The molecule has 0 aliphatic carbocycles. The summed E-state index contributed by atoms with van der Waals surface area (Å²) in [4.78, 5) is 24.2. The Labute approximate surface area is 131 Å². The molecular weight excluding hydrogens is 307 g/mol. The van der Waals surface area contributed by atoms with Crippen molar-refractivity contribution in [3.05, 3.63) is 64.9 Å². The minimum atomic E-state index is -0.643. The third-order valence-electron chi connectivity index (χ3n) is 3.47. The molecular formula is C16H12ClFN2O2. The van der Waals surface area contributed by atoms with Crippen LogP contribution in [-0.2, 0) is 4.79 Å². The van der Waals surface area contributed by atoms with Gasteiger partial charge in [0, 0.05) is 5.56 Å². The van der Waals surface area contributed by atoms with Crippen molar-refractivity contribution in [2.24, 2.45) is 0 Å². The molecule has 1 saturated heterocycles. The van der Waals surface area contributed by atoms with Crippen LogP contribution in [0.25, 0.3) is 0 Å². The third kappa shape index (κ3) is 2.67. The molecule has 22 heavy (non-hydrogen) atoms. The molecule has 112 valence electrons. The second-order valence-electron chi connectivity index (χ2n) is 4.95. The molecule has 1 atom stereocenters. The zero-order valence-corrected chi connectivity index (χ0v) is 12.2. The van der Waals surface area contributed by atoms with Gasteiger partial charge in [-0.3, -0.25) is 15.0 Å². The van der Waals surface area contributed by atoms with E-state index in [1.54, 1.807) is 12.1 Å². The number of hydrogen-bond donors (Lipinski definition) is 1. The number of anilines is 1. The quantitative estimate of drug-likeness (QED) is 0.695. The van der Waals surface area contributed by atoms with E-state index in [0.29, 0.717) is 5.69 Å². The summed E-state index contributed by atoms with van der Waals surface area (Å²) >= 11 is 5.91. The summed E-state index contributed by atoms with van der Waals surface area (Å²) in [5, 5.41) is 1.32. The molecule has 0 spiro atoms. The molecule has 1 heterocycles. The lowest BCUT2D eigenvalue weighted by Crippen LogP contribution is -2.59. The Kier molecular flexibility index (Phi) is 3.81. The smallest absolute Gasteiger partial charge is 0.244 e. The van der Waals surface area contributed by atoms with Crippen LogP contribution in [0, 0.1) is 5.82 Å². The normalized spacial score (nSPS) is 17.1. The monoisotopic (exact) mass is 318 g/mol. The lowest BCUT2D eigenvalue weighted by molar-refractivity contribution is -0.141. The lowest BCUT2D eigenvalue weighted by atomic mass is 9.95. The van der Waals surface area contributed by atoms with Crippen molar-refractivity contribution >= 4 is 29.0 Å². The standard InChI is InChI=1S/C16H12ClFN2O2/c17-13-8-10(18)6-7-12(13)16(22)14-9-15(21)20(14)19-11-4-2-1-3-5-11/h1-8,14,19H,9H2. The first-order valence-corrected chi connectivity index (χ1v) is 7.07. The zero-order chi connectivity index (χ0) is 15.7. The highest BCUT2D eigenvalue weighted by Crippen LogP contribution is 2.27. The first-order chi connectivity index (χ1) is 10.6. The summed E-state index contributed by atoms with van der Waals surface area (Å²) in [7, 11) is 0. The van der Waals surface area contributed by atoms with Gasteiger partial charge in [-0.15, -0.1) is 0 Å². The average Bonchev–Trinajstić information content (AvgIpc) is 2.51. The molecule has 3 rings (SSSR count). The number of nitrogens with zero attached hydrogens (tertiary/aromatic N) is 1. The highest BCUT2D eigenvalue weighted by atomic mass is 35.5. The van der Waals surface area contributed by atoms with Crippen LogP contribution in [-0.4, -0.2) is 22.7 Å². The van der Waals surface area contributed by atoms with Gasteiger partial charge in [0.25, 0.3) is 0 Å². The van der Waals surface area contributed by atoms with Crippen LogP contribution in [0.1, 0.15) is 16.8 Å². The van der Waals surface area contributed by atoms with Crippen molar-refractivity contribution in [2.45, 2.75) is 12.5 Å². The Morgan fingerprint density at radius 2 is 1.95 bits per heavy atom. The molecule has 1 amide bonds. The molecule has 4 nitrogen and oxygen atoms in total. The maximum Gasteiger partial charge on any atom is 0.244 e. The number of carbonyl (C=O) groups is 2. The minimum absolute atomic E-state index is 0.0454. The number of carbonyl (C=O) groups excluding carboxylic acids is 2. The number of amides is 1. The summed E-state index contributed by atoms with van der Waals surface area (Å²) in [6.45, 7) is 0. The molecule has 1 unspecified atom stereocenters. The molecule has 0 bridgehead atoms. The van der Waals surface area contributed by atoms with Gasteiger partial charge in [0.15, 0.2) is 5.78 Å². The van der Waals surface area contributed by atoms with Gasteiger partial charge in [0.1, 0.15) is 11.9 Å². The summed E-state index contributed by atoms with van der Waals surface area (Å²) < 4.78 is 13.1. The van der Waals surface area contributed by atoms with Crippen LogP contribution in [0.2, 0.25) is 5.02 Å². The van der Waals surface area contributed by atoms with E-state index in [0.717, 1.165) is 6.07 Å². The van der Waals surface area contributed by atoms with Gasteiger partial charge < -0.3 is 0 Å². The molecule has 1 N–H and O–H groups in total. The fourth-order valence-electron chi connectivity index (χ4n) is 2.29. The Bertz CT molecular complexity index is 736. The minimum Gasteiger partial charge on any atom is -0.295 e. The molecule has 2 aromatic carbocycles. The number of hydrazine groups is 1. The second kappa shape index (κ2) is 5.77. The Balaban J connectivity index is 1.79. The highest BCUT2D eigenvalue weighted by molar-refractivity contribution is 6.34. The summed E-state index contributed by atoms with van der Waals surface area (Å²) in [5.41, 5.74) is 3.82. The number of Topliss-reactive ketones (excluding diaryl/α,β-unsaturated/α-hetero) is 1. The number of β-lactam (4-membered cyclic amide) rings is 1. The number of benzene rings is 2. The molecule has 1 aliphatic rings. The van der Waals surface area contributed by atoms with Gasteiger partial charge >= 0.3 is 0 Å². The fraction of sp³-hybridized carbons (Fsp3) is 0.125. The third-order valence-corrected chi connectivity index (χ3v) is 3.78. The molecule has 1 aliphatic heterocycles. The lowest BCUT2D eigenvalue weighted by Gasteiger charge is -2.39. The van der Waals surface area contributed by atoms with E-state index >= 15 is 0 Å². The predicted molar refractivity (Wildman–Crippen MR) is 81.1 cm³/mol. The number of para-hydroxylation sites is 1. The predicted octanol–water partition coefficient (Wildman–Crippen LogP) is 3.29. The SMILES string of the molecule is O=C(c1ccc(F)cc1Cl)C1CC(=O)N1Nc1ccccc1. The first kappa shape index (κ1) is 14.5. The van der Waals surface area contributed by atoms with E-state index in [4.69, 9.17) is 11.6 Å². The van der Waals surface area contributed by atoms with Crippen LogP contribution >= 0.6 is 11.6 Å². The molecule has 0 saturated carbocycles. The van der Waals surface area contributed by atoms with Gasteiger partial charge in [-0.05, 0) is 30.3 Å². The summed E-state index contributed by atoms with van der Waals surface area (Å²) in [5.74, 6) is -1.00. The number of hydrogen-bond acceptors (Lipinski definition) is 3. The van der Waals surface area contributed by atoms with Crippen LogP contribution in [0.5, 0.6) is 0 Å². The Hall–Kier alpha value is -2.40. The van der Waals surface area contributed by atoms with Gasteiger partial charge in [-0.1, -0.05) is 29.8 Å². The fourth-order valence-corrected chi connectivity index (χ4v) is 2.55. The summed E-state index contributed by atoms with van der Waals surface area (Å²) in [6.07, 6.45) is 0.104. The van der Waals surface area contributed by atoms with Crippen molar-refractivity contribution < 1.29 is 14.0 Å². The van der Waals surface area contributed by atoms with Gasteiger partial charge in [-0.25, -0.2) is 9.40 Å². The van der Waals surface area contributed by atoms with Crippen LogP contribution in [0.15, 0.2) is 48.5 Å². The summed E-state index contributed by atoms with van der Waals surface area (Å²) in [6, 6.07) is 12.0. The number of nitrogens with one attached hydrogen (secondary N) is 1. The molecule has 1 fully saturated rings. The van der Waals surface area contributed by atoms with Gasteiger partial charge in [0.05, 0.1) is 17.1 Å². The van der Waals surface area contributed by atoms with Crippen molar-refractivity contribution in [3.8, 4) is 0 Å². The Morgan fingerprint density at radius 3 is 2.59 bits per heavy atom. The van der Waals surface area contributed by atoms with Crippen LogP contribution in [0.4, 0.5) is 10.1 Å². The van der Waals surface area contributed by atoms with Crippen molar-refractivity contribution in [1.29, 1.82) is 0 Å². The van der Waals surface area contributed by atoms with E-state index in [9.17, 15) is 14.0 Å². The van der Waals surface area contributed by atoms with E-state index < -0.39 is 11.9 Å². The van der Waals surface area contributed by atoms with Crippen LogP contribution in [0.3, 0.4) is 0 Å². The number of halogens is 2. The van der Waals surface area contributed by atoms with Gasteiger partial charge in [0.2, 0.25) is 5.91 Å². The first-order valence-electron chi connectivity index (χ1n) is 6.69. The largest absolute Gasteiger partial charge is 0.295 e. The van der Waals surface area contributed by atoms with E-state index in [2.05, 4.69) is 5.43 Å².